The summed E-state index contributed by atoms with van der Waals surface area (Å²) in [6, 6.07) is 0. The van der Waals surface area contributed by atoms with E-state index >= 15 is 0 Å². The monoisotopic (exact) mass is 232 g/mol. The fourth-order valence-electron chi connectivity index (χ4n) is 1.88. The predicted octanol–water partition coefficient (Wildman–Crippen LogP) is 0.993. The van der Waals surface area contributed by atoms with Crippen molar-refractivity contribution in [1.82, 2.24) is 10.2 Å². The highest BCUT2D eigenvalue weighted by Gasteiger charge is 2.43. The third kappa shape index (κ3) is 2.25. The molecule has 0 atom stereocenters. The Morgan fingerprint density at radius 2 is 1.94 bits per heavy atom. The summed E-state index contributed by atoms with van der Waals surface area (Å²) in [4.78, 5) is 24.1. The fourth-order valence-corrected chi connectivity index (χ4v) is 1.88. The SMILES string of the molecule is CCC(CC)(NC(=O)O)C(=O)N1CC(F)C1. The topological polar surface area (TPSA) is 69.6 Å². The zero-order valence-corrected chi connectivity index (χ0v) is 9.49. The van der Waals surface area contributed by atoms with Crippen LogP contribution < -0.4 is 5.32 Å². The van der Waals surface area contributed by atoms with Crippen molar-refractivity contribution in [2.24, 2.45) is 0 Å². The third-order valence-electron chi connectivity index (χ3n) is 3.09. The Hall–Kier alpha value is -1.33. The largest absolute Gasteiger partial charge is 0.465 e. The molecule has 2 amide bonds. The molecule has 1 aliphatic rings. The Kier molecular flexibility index (Phi) is 3.72. The molecule has 0 saturated carbocycles. The second kappa shape index (κ2) is 4.67. The second-order valence-corrected chi connectivity index (χ2v) is 4.03. The minimum atomic E-state index is -1.23. The summed E-state index contributed by atoms with van der Waals surface area (Å²) in [6.07, 6.45) is -1.47. The van der Waals surface area contributed by atoms with E-state index < -0.39 is 17.8 Å². The number of carboxylic acid groups (broad SMARTS) is 1. The Bertz CT molecular complexity index is 286. The molecule has 0 radical (unpaired) electrons. The zero-order valence-electron chi connectivity index (χ0n) is 9.49. The van der Waals surface area contributed by atoms with Gasteiger partial charge in [-0.1, -0.05) is 13.8 Å². The molecule has 92 valence electrons. The average Bonchev–Trinajstić information content (AvgIpc) is 2.20. The minimum Gasteiger partial charge on any atom is -0.465 e. The summed E-state index contributed by atoms with van der Waals surface area (Å²) < 4.78 is 12.7. The molecule has 1 rings (SSSR count). The molecule has 2 N–H and O–H groups in total. The highest BCUT2D eigenvalue weighted by atomic mass is 19.1. The highest BCUT2D eigenvalue weighted by molar-refractivity contribution is 5.90. The van der Waals surface area contributed by atoms with E-state index in [4.69, 9.17) is 5.11 Å². The fraction of sp³-hybridized carbons (Fsp3) is 0.800. The summed E-state index contributed by atoms with van der Waals surface area (Å²) in [5, 5.41) is 11.0. The van der Waals surface area contributed by atoms with Crippen molar-refractivity contribution in [1.29, 1.82) is 0 Å². The second-order valence-electron chi connectivity index (χ2n) is 4.03. The van der Waals surface area contributed by atoms with Gasteiger partial charge in [0.1, 0.15) is 11.7 Å². The van der Waals surface area contributed by atoms with Gasteiger partial charge in [-0.25, -0.2) is 9.18 Å². The van der Waals surface area contributed by atoms with Gasteiger partial charge in [0.25, 0.3) is 0 Å². The van der Waals surface area contributed by atoms with Crippen molar-refractivity contribution in [2.45, 2.75) is 38.4 Å². The van der Waals surface area contributed by atoms with Crippen LogP contribution in [-0.2, 0) is 4.79 Å². The number of nitrogens with zero attached hydrogens (tertiary/aromatic N) is 1. The smallest absolute Gasteiger partial charge is 0.405 e. The number of hydrogen-bond acceptors (Lipinski definition) is 2. The summed E-state index contributed by atoms with van der Waals surface area (Å²) in [7, 11) is 0. The Morgan fingerprint density at radius 3 is 2.25 bits per heavy atom. The number of alkyl halides is 1. The number of carbonyl (C=O) groups is 2. The van der Waals surface area contributed by atoms with Crippen LogP contribution in [0.15, 0.2) is 0 Å². The van der Waals surface area contributed by atoms with Gasteiger partial charge in [0, 0.05) is 0 Å². The quantitative estimate of drug-likeness (QED) is 0.759. The van der Waals surface area contributed by atoms with Gasteiger partial charge in [0.15, 0.2) is 0 Å². The first-order chi connectivity index (χ1) is 7.45. The third-order valence-corrected chi connectivity index (χ3v) is 3.09. The van der Waals surface area contributed by atoms with E-state index in [-0.39, 0.29) is 19.0 Å². The molecule has 0 aromatic carbocycles. The molecule has 1 heterocycles. The number of carbonyl (C=O) groups excluding carboxylic acids is 1. The van der Waals surface area contributed by atoms with Crippen LogP contribution in [0.5, 0.6) is 0 Å². The van der Waals surface area contributed by atoms with Gasteiger partial charge in [0.05, 0.1) is 13.1 Å². The van der Waals surface area contributed by atoms with Crippen molar-refractivity contribution in [3.8, 4) is 0 Å². The Balaban J connectivity index is 2.75. The van der Waals surface area contributed by atoms with Gasteiger partial charge in [-0.2, -0.15) is 0 Å². The Labute approximate surface area is 93.6 Å². The van der Waals surface area contributed by atoms with Crippen molar-refractivity contribution < 1.29 is 19.1 Å². The van der Waals surface area contributed by atoms with E-state index in [1.807, 2.05) is 0 Å². The predicted molar refractivity (Wildman–Crippen MR) is 55.9 cm³/mol. The van der Waals surface area contributed by atoms with Crippen LogP contribution in [0, 0.1) is 0 Å². The van der Waals surface area contributed by atoms with Gasteiger partial charge < -0.3 is 15.3 Å². The first-order valence-electron chi connectivity index (χ1n) is 5.39. The van der Waals surface area contributed by atoms with Crippen LogP contribution >= 0.6 is 0 Å². The van der Waals surface area contributed by atoms with Gasteiger partial charge in [-0.05, 0) is 12.8 Å². The van der Waals surface area contributed by atoms with Crippen LogP contribution in [0.1, 0.15) is 26.7 Å². The van der Waals surface area contributed by atoms with Crippen LogP contribution in [0.3, 0.4) is 0 Å². The van der Waals surface area contributed by atoms with E-state index in [2.05, 4.69) is 5.32 Å². The van der Waals surface area contributed by atoms with Crippen LogP contribution in [0.4, 0.5) is 9.18 Å². The van der Waals surface area contributed by atoms with Crippen molar-refractivity contribution in [2.75, 3.05) is 13.1 Å². The van der Waals surface area contributed by atoms with E-state index in [1.165, 1.54) is 4.90 Å². The Morgan fingerprint density at radius 1 is 1.44 bits per heavy atom. The summed E-state index contributed by atoms with van der Waals surface area (Å²) in [5.74, 6) is -0.325. The zero-order chi connectivity index (χ0) is 12.3. The summed E-state index contributed by atoms with van der Waals surface area (Å²) in [5.41, 5.74) is -1.11. The summed E-state index contributed by atoms with van der Waals surface area (Å²) >= 11 is 0. The molecule has 0 aromatic rings. The molecule has 0 aliphatic carbocycles. The minimum absolute atomic E-state index is 0.0713. The average molecular weight is 232 g/mol. The maximum Gasteiger partial charge on any atom is 0.405 e. The molecule has 1 aliphatic heterocycles. The molecular weight excluding hydrogens is 215 g/mol. The van der Waals surface area contributed by atoms with Gasteiger partial charge in [-0.15, -0.1) is 0 Å². The standard InChI is InChI=1S/C10H17FN2O3/c1-3-10(4-2,12-9(15)16)8(14)13-5-7(11)6-13/h7,12H,3-6H2,1-2H3,(H,15,16). The van der Waals surface area contributed by atoms with Gasteiger partial charge in [-0.3, -0.25) is 4.79 Å². The first-order valence-corrected chi connectivity index (χ1v) is 5.39. The highest BCUT2D eigenvalue weighted by Crippen LogP contribution is 2.23. The number of rotatable bonds is 4. The lowest BCUT2D eigenvalue weighted by Crippen LogP contribution is -2.64. The first kappa shape index (κ1) is 12.7. The molecule has 0 spiro atoms. The molecule has 1 saturated heterocycles. The van der Waals surface area contributed by atoms with Crippen molar-refractivity contribution in [3.05, 3.63) is 0 Å². The maximum absolute atomic E-state index is 12.7. The van der Waals surface area contributed by atoms with Crippen molar-refractivity contribution in [3.63, 3.8) is 0 Å². The lowest BCUT2D eigenvalue weighted by Gasteiger charge is -2.41. The number of hydrogen-bond donors (Lipinski definition) is 2. The molecule has 0 unspecified atom stereocenters. The number of likely N-dealkylation sites (tertiary alicyclic amines) is 1. The molecule has 0 aromatic heterocycles. The molecule has 5 nitrogen and oxygen atoms in total. The molecule has 0 bridgehead atoms. The molecule has 6 heteroatoms. The van der Waals surface area contributed by atoms with Gasteiger partial charge in [0.2, 0.25) is 5.91 Å². The normalized spacial score (nSPS) is 16.8. The number of nitrogens with one attached hydrogen (secondary N) is 1. The maximum atomic E-state index is 12.7. The lowest BCUT2D eigenvalue weighted by molar-refractivity contribution is -0.145. The molecule has 1 fully saturated rings. The van der Waals surface area contributed by atoms with Crippen LogP contribution in [0.2, 0.25) is 0 Å². The van der Waals surface area contributed by atoms with E-state index in [9.17, 15) is 14.0 Å². The molecular formula is C10H17FN2O3. The van der Waals surface area contributed by atoms with E-state index in [1.54, 1.807) is 13.8 Å². The summed E-state index contributed by atoms with van der Waals surface area (Å²) in [6.45, 7) is 3.62. The number of amides is 2. The number of halogens is 1. The van der Waals surface area contributed by atoms with Crippen LogP contribution in [-0.4, -0.2) is 46.8 Å². The van der Waals surface area contributed by atoms with Crippen LogP contribution in [0.25, 0.3) is 0 Å². The van der Waals surface area contributed by atoms with E-state index in [0.29, 0.717) is 12.8 Å². The van der Waals surface area contributed by atoms with Crippen molar-refractivity contribution >= 4 is 12.0 Å². The van der Waals surface area contributed by atoms with Gasteiger partial charge >= 0.3 is 6.09 Å². The van der Waals surface area contributed by atoms with E-state index in [0.717, 1.165) is 0 Å². The molecule has 16 heavy (non-hydrogen) atoms. The lowest BCUT2D eigenvalue weighted by atomic mass is 9.89.